The highest BCUT2D eigenvalue weighted by molar-refractivity contribution is 5.91. The van der Waals surface area contributed by atoms with Crippen molar-refractivity contribution in [2.75, 3.05) is 6.61 Å². The second kappa shape index (κ2) is 6.65. The van der Waals surface area contributed by atoms with Gasteiger partial charge in [0.15, 0.2) is 0 Å². The Morgan fingerprint density at radius 1 is 0.818 bits per heavy atom. The van der Waals surface area contributed by atoms with Crippen molar-refractivity contribution in [2.45, 2.75) is 26.7 Å². The summed E-state index contributed by atoms with van der Waals surface area (Å²) < 4.78 is 6.05. The van der Waals surface area contributed by atoms with Crippen molar-refractivity contribution in [3.05, 3.63) is 77.4 Å². The van der Waals surface area contributed by atoms with Crippen LogP contribution in [-0.4, -0.2) is 6.61 Å². The van der Waals surface area contributed by atoms with Crippen molar-refractivity contribution >= 4 is 10.8 Å². The van der Waals surface area contributed by atoms with E-state index in [2.05, 4.69) is 74.5 Å². The minimum atomic E-state index is 0.707. The van der Waals surface area contributed by atoms with Crippen LogP contribution in [0, 0.1) is 6.92 Å². The average Bonchev–Trinajstić information content (AvgIpc) is 2.57. The Labute approximate surface area is 132 Å². The number of rotatable bonds is 5. The van der Waals surface area contributed by atoms with Gasteiger partial charge in [-0.2, -0.15) is 0 Å². The summed E-state index contributed by atoms with van der Waals surface area (Å²) in [5.41, 5.74) is 3.99. The fraction of sp³-hybridized carbons (Fsp3) is 0.238. The van der Waals surface area contributed by atoms with Crippen molar-refractivity contribution in [1.82, 2.24) is 0 Å². The summed E-state index contributed by atoms with van der Waals surface area (Å²) in [6.07, 6.45) is 1.98. The molecule has 0 aliphatic rings. The van der Waals surface area contributed by atoms with Crippen LogP contribution in [0.5, 0.6) is 5.75 Å². The first kappa shape index (κ1) is 14.6. The van der Waals surface area contributed by atoms with Gasteiger partial charge in [0.25, 0.3) is 0 Å². The van der Waals surface area contributed by atoms with Gasteiger partial charge >= 0.3 is 0 Å². The molecular weight excluding hydrogens is 268 g/mol. The third-order valence-corrected chi connectivity index (χ3v) is 4.12. The molecule has 0 saturated heterocycles. The molecule has 22 heavy (non-hydrogen) atoms. The number of aryl methyl sites for hydroxylation is 2. The molecule has 3 aromatic rings. The van der Waals surface area contributed by atoms with Crippen molar-refractivity contribution in [1.29, 1.82) is 0 Å². The lowest BCUT2D eigenvalue weighted by atomic mass is 10.0. The highest BCUT2D eigenvalue weighted by atomic mass is 16.5. The first-order chi connectivity index (χ1) is 10.8. The summed E-state index contributed by atoms with van der Waals surface area (Å²) in [6.45, 7) is 5.01. The molecule has 0 fully saturated rings. The summed E-state index contributed by atoms with van der Waals surface area (Å²) in [6, 6.07) is 21.5. The van der Waals surface area contributed by atoms with Gasteiger partial charge in [-0.3, -0.25) is 0 Å². The Balaban J connectivity index is 1.75. The van der Waals surface area contributed by atoms with Gasteiger partial charge < -0.3 is 4.74 Å². The van der Waals surface area contributed by atoms with Crippen LogP contribution in [0.4, 0.5) is 0 Å². The highest BCUT2D eigenvalue weighted by Crippen LogP contribution is 2.29. The number of hydrogen-bond donors (Lipinski definition) is 0. The summed E-state index contributed by atoms with van der Waals surface area (Å²) in [4.78, 5) is 0. The van der Waals surface area contributed by atoms with Gasteiger partial charge in [-0.15, -0.1) is 0 Å². The second-order valence-corrected chi connectivity index (χ2v) is 5.71. The molecule has 0 spiro atoms. The molecule has 0 unspecified atom stereocenters. The van der Waals surface area contributed by atoms with Crippen LogP contribution < -0.4 is 4.74 Å². The molecule has 1 heteroatoms. The molecular formula is C21H22O. The molecule has 112 valence electrons. The number of benzene rings is 3. The Bertz CT molecular complexity index is 756. The van der Waals surface area contributed by atoms with E-state index in [0.717, 1.165) is 18.6 Å². The lowest BCUT2D eigenvalue weighted by Crippen LogP contribution is -2.02. The van der Waals surface area contributed by atoms with E-state index in [1.54, 1.807) is 0 Å². The third-order valence-electron chi connectivity index (χ3n) is 4.12. The minimum Gasteiger partial charge on any atom is -0.493 e. The molecule has 1 nitrogen and oxygen atoms in total. The van der Waals surface area contributed by atoms with E-state index >= 15 is 0 Å². The summed E-state index contributed by atoms with van der Waals surface area (Å²) in [5.74, 6) is 0.986. The zero-order valence-corrected chi connectivity index (χ0v) is 13.3. The summed E-state index contributed by atoms with van der Waals surface area (Å²) in [5, 5.41) is 2.52. The minimum absolute atomic E-state index is 0.707. The van der Waals surface area contributed by atoms with Crippen LogP contribution in [0.15, 0.2) is 60.7 Å². The van der Waals surface area contributed by atoms with E-state index in [-0.39, 0.29) is 0 Å². The van der Waals surface area contributed by atoms with Crippen LogP contribution in [0.25, 0.3) is 10.8 Å². The fourth-order valence-electron chi connectivity index (χ4n) is 2.80. The van der Waals surface area contributed by atoms with Crippen LogP contribution in [0.3, 0.4) is 0 Å². The third kappa shape index (κ3) is 3.14. The quantitative estimate of drug-likeness (QED) is 0.617. The van der Waals surface area contributed by atoms with Crippen LogP contribution in [0.2, 0.25) is 0 Å². The molecule has 0 saturated carbocycles. The lowest BCUT2D eigenvalue weighted by Gasteiger charge is -2.12. The maximum atomic E-state index is 6.05. The first-order valence-electron chi connectivity index (χ1n) is 7.97. The van der Waals surface area contributed by atoms with Gasteiger partial charge in [-0.05, 0) is 35.9 Å². The zero-order chi connectivity index (χ0) is 15.4. The van der Waals surface area contributed by atoms with Crippen molar-refractivity contribution < 1.29 is 4.74 Å². The maximum Gasteiger partial charge on any atom is 0.127 e. The molecule has 3 rings (SSSR count). The predicted octanol–water partition coefficient (Wildman–Crippen LogP) is 5.33. The molecule has 0 aliphatic heterocycles. The number of fused-ring (bicyclic) bond motifs is 1. The molecule has 0 bridgehead atoms. The molecule has 0 heterocycles. The van der Waals surface area contributed by atoms with Crippen LogP contribution >= 0.6 is 0 Å². The van der Waals surface area contributed by atoms with Crippen molar-refractivity contribution in [3.63, 3.8) is 0 Å². The van der Waals surface area contributed by atoms with Gasteiger partial charge in [0.2, 0.25) is 0 Å². The van der Waals surface area contributed by atoms with Crippen molar-refractivity contribution in [3.8, 4) is 5.75 Å². The SMILES string of the molecule is CCc1ccc(OCCc2ccc(C)cc2)c2ccccc12. The normalized spacial score (nSPS) is 10.8. The van der Waals surface area contributed by atoms with Gasteiger partial charge in [0.1, 0.15) is 5.75 Å². The van der Waals surface area contributed by atoms with Gasteiger partial charge in [0.05, 0.1) is 6.61 Å². The Morgan fingerprint density at radius 2 is 1.55 bits per heavy atom. The van der Waals surface area contributed by atoms with Gasteiger partial charge in [0, 0.05) is 11.8 Å². The Hall–Kier alpha value is -2.28. The maximum absolute atomic E-state index is 6.05. The molecule has 0 radical (unpaired) electrons. The van der Waals surface area contributed by atoms with E-state index in [4.69, 9.17) is 4.74 Å². The second-order valence-electron chi connectivity index (χ2n) is 5.71. The van der Waals surface area contributed by atoms with E-state index in [9.17, 15) is 0 Å². The fourth-order valence-corrected chi connectivity index (χ4v) is 2.80. The largest absolute Gasteiger partial charge is 0.493 e. The van der Waals surface area contributed by atoms with Crippen molar-refractivity contribution in [2.24, 2.45) is 0 Å². The van der Waals surface area contributed by atoms with E-state index in [1.165, 1.54) is 27.5 Å². The van der Waals surface area contributed by atoms with Gasteiger partial charge in [-0.1, -0.05) is 67.1 Å². The van der Waals surface area contributed by atoms with Crippen LogP contribution in [-0.2, 0) is 12.8 Å². The Kier molecular flexibility index (Phi) is 4.43. The lowest BCUT2D eigenvalue weighted by molar-refractivity contribution is 0.325. The van der Waals surface area contributed by atoms with E-state index < -0.39 is 0 Å². The zero-order valence-electron chi connectivity index (χ0n) is 13.3. The van der Waals surface area contributed by atoms with Crippen LogP contribution in [0.1, 0.15) is 23.6 Å². The van der Waals surface area contributed by atoms with E-state index in [1.807, 2.05) is 0 Å². The smallest absolute Gasteiger partial charge is 0.127 e. The summed E-state index contributed by atoms with van der Waals surface area (Å²) >= 11 is 0. The molecule has 0 N–H and O–H groups in total. The number of ether oxygens (including phenoxy) is 1. The highest BCUT2D eigenvalue weighted by Gasteiger charge is 2.05. The molecule has 0 amide bonds. The topological polar surface area (TPSA) is 9.23 Å². The Morgan fingerprint density at radius 3 is 2.27 bits per heavy atom. The summed E-state index contributed by atoms with van der Waals surface area (Å²) in [7, 11) is 0. The molecule has 0 aromatic heterocycles. The molecule has 0 atom stereocenters. The number of hydrogen-bond acceptors (Lipinski definition) is 1. The average molecular weight is 290 g/mol. The first-order valence-corrected chi connectivity index (χ1v) is 7.97. The monoisotopic (exact) mass is 290 g/mol. The van der Waals surface area contributed by atoms with Gasteiger partial charge in [-0.25, -0.2) is 0 Å². The predicted molar refractivity (Wildman–Crippen MR) is 93.7 cm³/mol. The molecule has 3 aromatic carbocycles. The standard InChI is InChI=1S/C21H22O/c1-3-18-12-13-21(20-7-5-4-6-19(18)20)22-15-14-17-10-8-16(2)9-11-17/h4-13H,3,14-15H2,1-2H3. The van der Waals surface area contributed by atoms with E-state index in [0.29, 0.717) is 6.61 Å². The molecule has 0 aliphatic carbocycles.